The molecule has 0 atom stereocenters. The summed E-state index contributed by atoms with van der Waals surface area (Å²) < 4.78 is 27.1. The van der Waals surface area contributed by atoms with Crippen molar-refractivity contribution in [1.82, 2.24) is 15.0 Å². The fraction of sp³-hybridized carbons (Fsp3) is 0.0625. The number of nitrogens with two attached hydrogens (primary N) is 2. The molecule has 0 aliphatic rings. The first-order valence-electron chi connectivity index (χ1n) is 7.70. The van der Waals surface area contributed by atoms with Crippen molar-refractivity contribution in [3.63, 3.8) is 0 Å². The number of nitrogens with zero attached hydrogens (tertiary/aromatic N) is 5. The molecular formula is C16H16N8O2S. The van der Waals surface area contributed by atoms with Crippen molar-refractivity contribution in [3.05, 3.63) is 54.4 Å². The maximum Gasteiger partial charge on any atom is 0.264 e. The monoisotopic (exact) mass is 384 g/mol. The minimum absolute atomic E-state index is 0.00471. The highest BCUT2D eigenvalue weighted by atomic mass is 32.2. The molecule has 11 heteroatoms. The Kier molecular flexibility index (Phi) is 4.94. The van der Waals surface area contributed by atoms with E-state index in [1.807, 2.05) is 0 Å². The van der Waals surface area contributed by atoms with E-state index in [9.17, 15) is 8.42 Å². The first-order valence-corrected chi connectivity index (χ1v) is 9.18. The molecule has 0 aliphatic heterocycles. The Morgan fingerprint density at radius 1 is 0.963 bits per heavy atom. The second-order valence-corrected chi connectivity index (χ2v) is 7.14. The number of azo groups is 1. The maximum absolute atomic E-state index is 12.4. The van der Waals surface area contributed by atoms with Gasteiger partial charge < -0.3 is 11.5 Å². The minimum Gasteiger partial charge on any atom is -0.384 e. The van der Waals surface area contributed by atoms with Crippen molar-refractivity contribution < 1.29 is 8.42 Å². The second-order valence-electron chi connectivity index (χ2n) is 5.46. The number of pyridine rings is 1. The molecule has 0 aliphatic carbocycles. The standard InChI is InChI=1S/C16H16N8O2S/c1-10-8-9-19-16(20-10)24-27(25,26)12-4-2-11(3-5-12)22-23-13-6-7-14(17)21-15(13)18/h2-9H,1H3,(H4,17,18,21)(H,19,20,24). The summed E-state index contributed by atoms with van der Waals surface area (Å²) in [4.78, 5) is 11.8. The topological polar surface area (TPSA) is 162 Å². The summed E-state index contributed by atoms with van der Waals surface area (Å²) in [6.07, 6.45) is 1.47. The van der Waals surface area contributed by atoms with Gasteiger partial charge in [-0.15, -0.1) is 5.11 Å². The van der Waals surface area contributed by atoms with Gasteiger partial charge >= 0.3 is 0 Å². The van der Waals surface area contributed by atoms with Crippen molar-refractivity contribution in [1.29, 1.82) is 0 Å². The number of anilines is 3. The van der Waals surface area contributed by atoms with E-state index < -0.39 is 10.0 Å². The molecule has 3 rings (SSSR count). The average molecular weight is 384 g/mol. The van der Waals surface area contributed by atoms with Gasteiger partial charge in [0, 0.05) is 11.9 Å². The zero-order valence-electron chi connectivity index (χ0n) is 14.2. The highest BCUT2D eigenvalue weighted by molar-refractivity contribution is 7.92. The summed E-state index contributed by atoms with van der Waals surface area (Å²) in [7, 11) is -3.82. The van der Waals surface area contributed by atoms with Gasteiger partial charge in [-0.3, -0.25) is 0 Å². The van der Waals surface area contributed by atoms with Crippen LogP contribution in [-0.2, 0) is 10.0 Å². The van der Waals surface area contributed by atoms with Crippen molar-refractivity contribution >= 4 is 39.0 Å². The highest BCUT2D eigenvalue weighted by Crippen LogP contribution is 2.24. The Morgan fingerprint density at radius 3 is 2.37 bits per heavy atom. The first kappa shape index (κ1) is 18.2. The van der Waals surface area contributed by atoms with E-state index in [1.54, 1.807) is 25.1 Å². The molecule has 0 fully saturated rings. The average Bonchev–Trinajstić information content (AvgIpc) is 2.61. The van der Waals surface area contributed by atoms with Crippen LogP contribution in [0.4, 0.5) is 29.0 Å². The number of hydrogen-bond acceptors (Lipinski definition) is 9. The number of nitrogens with one attached hydrogen (secondary N) is 1. The predicted octanol–water partition coefficient (Wildman–Crippen LogP) is 2.56. The highest BCUT2D eigenvalue weighted by Gasteiger charge is 2.15. The predicted molar refractivity (Wildman–Crippen MR) is 101 cm³/mol. The van der Waals surface area contributed by atoms with Crippen LogP contribution in [0.3, 0.4) is 0 Å². The van der Waals surface area contributed by atoms with E-state index in [1.165, 1.54) is 30.5 Å². The van der Waals surface area contributed by atoms with Gasteiger partial charge in [0.15, 0.2) is 5.82 Å². The molecule has 2 heterocycles. The smallest absolute Gasteiger partial charge is 0.264 e. The number of hydrogen-bond donors (Lipinski definition) is 3. The molecule has 0 saturated carbocycles. The SMILES string of the molecule is Cc1ccnc(NS(=O)(=O)c2ccc(N=Nc3ccc(N)nc3N)cc2)n1. The van der Waals surface area contributed by atoms with Crippen molar-refractivity contribution in [2.45, 2.75) is 11.8 Å². The molecule has 0 radical (unpaired) electrons. The van der Waals surface area contributed by atoms with Crippen LogP contribution in [0.2, 0.25) is 0 Å². The largest absolute Gasteiger partial charge is 0.384 e. The number of aryl methyl sites for hydroxylation is 1. The fourth-order valence-corrected chi connectivity index (χ4v) is 3.00. The molecule has 2 aromatic heterocycles. The summed E-state index contributed by atoms with van der Waals surface area (Å²) in [6, 6.07) is 10.6. The molecule has 0 amide bonds. The quantitative estimate of drug-likeness (QED) is 0.569. The lowest BCUT2D eigenvalue weighted by molar-refractivity contribution is 0.601. The van der Waals surface area contributed by atoms with E-state index in [-0.39, 0.29) is 22.5 Å². The summed E-state index contributed by atoms with van der Waals surface area (Å²) in [5, 5.41) is 7.99. The van der Waals surface area contributed by atoms with Crippen LogP contribution in [0.15, 0.2) is 63.8 Å². The third kappa shape index (κ3) is 4.52. The summed E-state index contributed by atoms with van der Waals surface area (Å²) in [6.45, 7) is 1.74. The van der Waals surface area contributed by atoms with Gasteiger partial charge in [0.25, 0.3) is 10.0 Å². The Bertz CT molecular complexity index is 1100. The lowest BCUT2D eigenvalue weighted by Gasteiger charge is -2.07. The fourth-order valence-electron chi connectivity index (χ4n) is 2.05. The molecule has 3 aromatic rings. The van der Waals surface area contributed by atoms with Gasteiger partial charge in [-0.25, -0.2) is 28.1 Å². The minimum atomic E-state index is -3.82. The zero-order valence-corrected chi connectivity index (χ0v) is 15.1. The van der Waals surface area contributed by atoms with Gasteiger partial charge in [-0.05, 0) is 49.4 Å². The van der Waals surface area contributed by atoms with E-state index in [4.69, 9.17) is 11.5 Å². The van der Waals surface area contributed by atoms with E-state index in [0.717, 1.165) is 0 Å². The number of benzene rings is 1. The Hall–Kier alpha value is -3.60. The van der Waals surface area contributed by atoms with Gasteiger partial charge in [-0.2, -0.15) is 5.11 Å². The molecule has 0 saturated heterocycles. The van der Waals surface area contributed by atoms with Gasteiger partial charge in [0.2, 0.25) is 5.95 Å². The summed E-state index contributed by atoms with van der Waals surface area (Å²) >= 11 is 0. The van der Waals surface area contributed by atoms with E-state index in [0.29, 0.717) is 17.1 Å². The van der Waals surface area contributed by atoms with Gasteiger partial charge in [0.1, 0.15) is 11.5 Å². The molecule has 0 spiro atoms. The Labute approximate surface area is 155 Å². The molecule has 27 heavy (non-hydrogen) atoms. The first-order chi connectivity index (χ1) is 12.8. The summed E-state index contributed by atoms with van der Waals surface area (Å²) in [5.41, 5.74) is 12.7. The van der Waals surface area contributed by atoms with Crippen LogP contribution in [0.5, 0.6) is 0 Å². The summed E-state index contributed by atoms with van der Waals surface area (Å²) in [5.74, 6) is 0.441. The van der Waals surface area contributed by atoms with Crippen LogP contribution in [-0.4, -0.2) is 23.4 Å². The molecule has 0 unspecified atom stereocenters. The van der Waals surface area contributed by atoms with Gasteiger partial charge in [0.05, 0.1) is 10.6 Å². The number of rotatable bonds is 5. The van der Waals surface area contributed by atoms with Crippen molar-refractivity contribution in [3.8, 4) is 0 Å². The molecule has 0 bridgehead atoms. The molecule has 5 N–H and O–H groups in total. The van der Waals surface area contributed by atoms with E-state index in [2.05, 4.69) is 29.9 Å². The van der Waals surface area contributed by atoms with Crippen LogP contribution in [0, 0.1) is 6.92 Å². The van der Waals surface area contributed by atoms with Crippen LogP contribution < -0.4 is 16.2 Å². The number of aromatic nitrogens is 3. The molecule has 10 nitrogen and oxygen atoms in total. The van der Waals surface area contributed by atoms with Crippen LogP contribution in [0.25, 0.3) is 0 Å². The second kappa shape index (κ2) is 7.33. The van der Waals surface area contributed by atoms with Crippen molar-refractivity contribution in [2.24, 2.45) is 10.2 Å². The molecule has 138 valence electrons. The lowest BCUT2D eigenvalue weighted by atomic mass is 10.3. The maximum atomic E-state index is 12.4. The third-order valence-corrected chi connectivity index (χ3v) is 4.71. The van der Waals surface area contributed by atoms with E-state index >= 15 is 0 Å². The third-order valence-electron chi connectivity index (χ3n) is 3.36. The zero-order chi connectivity index (χ0) is 19.4. The number of nitrogen functional groups attached to an aromatic ring is 2. The lowest BCUT2D eigenvalue weighted by Crippen LogP contribution is -2.15. The number of sulfonamides is 1. The van der Waals surface area contributed by atoms with Gasteiger partial charge in [-0.1, -0.05) is 0 Å². The van der Waals surface area contributed by atoms with Crippen LogP contribution >= 0.6 is 0 Å². The van der Waals surface area contributed by atoms with Crippen molar-refractivity contribution in [2.75, 3.05) is 16.2 Å². The normalized spacial score (nSPS) is 11.6. The molecular weight excluding hydrogens is 368 g/mol. The molecule has 1 aromatic carbocycles. The Balaban J connectivity index is 1.77. The Morgan fingerprint density at radius 2 is 1.70 bits per heavy atom. The van der Waals surface area contributed by atoms with Crippen LogP contribution in [0.1, 0.15) is 5.69 Å².